The standard InChI is InChI=1S/C20H25N3O2/c24-19-12-16(15-7-1-2-8-17(15)22-19)20(25)21-13-14-6-5-11-23-10-4-3-9-18(14)23/h1-2,7-8,12,14,18H,3-6,9-11,13H2,(H,21,25)(H,22,24)/t14-,18-/m1/s1. The normalized spacial score (nSPS) is 24.0. The Hall–Kier alpha value is -2.14. The van der Waals surface area contributed by atoms with Crippen LogP contribution in [0.1, 0.15) is 42.5 Å². The summed E-state index contributed by atoms with van der Waals surface area (Å²) in [6.07, 6.45) is 6.23. The Morgan fingerprint density at radius 3 is 2.92 bits per heavy atom. The summed E-state index contributed by atoms with van der Waals surface area (Å²) in [6.45, 7) is 3.10. The molecule has 1 aromatic carbocycles. The van der Waals surface area contributed by atoms with Crippen LogP contribution in [0.5, 0.6) is 0 Å². The van der Waals surface area contributed by atoms with E-state index in [1.807, 2.05) is 24.3 Å². The van der Waals surface area contributed by atoms with Crippen molar-refractivity contribution in [2.24, 2.45) is 5.92 Å². The van der Waals surface area contributed by atoms with Crippen LogP contribution in [0.25, 0.3) is 10.9 Å². The van der Waals surface area contributed by atoms with Crippen LogP contribution in [0.4, 0.5) is 0 Å². The smallest absolute Gasteiger partial charge is 0.252 e. The van der Waals surface area contributed by atoms with Gasteiger partial charge in [-0.3, -0.25) is 9.59 Å². The number of para-hydroxylation sites is 1. The molecule has 4 rings (SSSR count). The molecule has 1 amide bonds. The summed E-state index contributed by atoms with van der Waals surface area (Å²) in [5.74, 6) is 0.376. The molecule has 2 fully saturated rings. The summed E-state index contributed by atoms with van der Waals surface area (Å²) < 4.78 is 0. The number of nitrogens with zero attached hydrogens (tertiary/aromatic N) is 1. The van der Waals surface area contributed by atoms with Gasteiger partial charge >= 0.3 is 0 Å². The first-order chi connectivity index (χ1) is 12.2. The van der Waals surface area contributed by atoms with Crippen molar-refractivity contribution in [1.82, 2.24) is 15.2 Å². The lowest BCUT2D eigenvalue weighted by molar-refractivity contribution is 0.0576. The predicted molar refractivity (Wildman–Crippen MR) is 98.8 cm³/mol. The molecule has 0 unspecified atom stereocenters. The van der Waals surface area contributed by atoms with Crippen molar-refractivity contribution >= 4 is 16.8 Å². The lowest BCUT2D eigenvalue weighted by Crippen LogP contribution is -2.51. The zero-order valence-corrected chi connectivity index (χ0v) is 14.5. The zero-order chi connectivity index (χ0) is 17.2. The van der Waals surface area contributed by atoms with E-state index < -0.39 is 0 Å². The van der Waals surface area contributed by atoms with E-state index >= 15 is 0 Å². The van der Waals surface area contributed by atoms with Crippen molar-refractivity contribution in [3.63, 3.8) is 0 Å². The number of pyridine rings is 1. The van der Waals surface area contributed by atoms with Gasteiger partial charge in [-0.05, 0) is 50.8 Å². The van der Waals surface area contributed by atoms with Gasteiger partial charge < -0.3 is 15.2 Å². The number of carbonyl (C=O) groups excluding carboxylic acids is 1. The number of carbonyl (C=O) groups is 1. The zero-order valence-electron chi connectivity index (χ0n) is 14.5. The molecule has 5 heteroatoms. The van der Waals surface area contributed by atoms with Crippen molar-refractivity contribution in [2.75, 3.05) is 19.6 Å². The maximum absolute atomic E-state index is 12.7. The fraction of sp³-hybridized carbons (Fsp3) is 0.500. The van der Waals surface area contributed by atoms with Gasteiger partial charge in [-0.1, -0.05) is 24.6 Å². The summed E-state index contributed by atoms with van der Waals surface area (Å²) in [5, 5.41) is 3.90. The van der Waals surface area contributed by atoms with E-state index in [1.165, 1.54) is 51.3 Å². The predicted octanol–water partition coefficient (Wildman–Crippen LogP) is 2.52. The van der Waals surface area contributed by atoms with Crippen LogP contribution in [0.3, 0.4) is 0 Å². The van der Waals surface area contributed by atoms with Crippen LogP contribution in [0.2, 0.25) is 0 Å². The van der Waals surface area contributed by atoms with Crippen molar-refractivity contribution < 1.29 is 4.79 Å². The molecule has 0 spiro atoms. The molecule has 1 aromatic heterocycles. The molecule has 0 radical (unpaired) electrons. The number of H-pyrrole nitrogens is 1. The lowest BCUT2D eigenvalue weighted by atomic mass is 9.83. The molecule has 5 nitrogen and oxygen atoms in total. The molecule has 0 bridgehead atoms. The Balaban J connectivity index is 1.50. The molecule has 2 atom stereocenters. The van der Waals surface area contributed by atoms with Crippen molar-refractivity contribution in [2.45, 2.75) is 38.1 Å². The summed E-state index contributed by atoms with van der Waals surface area (Å²) >= 11 is 0. The number of hydrogen-bond donors (Lipinski definition) is 2. The monoisotopic (exact) mass is 339 g/mol. The number of fused-ring (bicyclic) bond motifs is 2. The van der Waals surface area contributed by atoms with Crippen LogP contribution >= 0.6 is 0 Å². The number of amides is 1. The van der Waals surface area contributed by atoms with Crippen molar-refractivity contribution in [3.8, 4) is 0 Å². The second-order valence-electron chi connectivity index (χ2n) is 7.30. The summed E-state index contributed by atoms with van der Waals surface area (Å²) in [4.78, 5) is 30.0. The molecule has 2 aliphatic heterocycles. The van der Waals surface area contributed by atoms with Crippen molar-refractivity contribution in [3.05, 3.63) is 46.2 Å². The van der Waals surface area contributed by atoms with Gasteiger partial charge in [0.2, 0.25) is 5.56 Å². The summed E-state index contributed by atoms with van der Waals surface area (Å²) in [5.41, 5.74) is 0.937. The maximum atomic E-state index is 12.7. The molecule has 2 saturated heterocycles. The quantitative estimate of drug-likeness (QED) is 0.903. The molecule has 2 aliphatic rings. The van der Waals surface area contributed by atoms with Crippen LogP contribution in [-0.4, -0.2) is 41.5 Å². The molecule has 2 N–H and O–H groups in total. The minimum Gasteiger partial charge on any atom is -0.352 e. The van der Waals surface area contributed by atoms with Crippen LogP contribution < -0.4 is 10.9 Å². The van der Waals surface area contributed by atoms with E-state index in [0.29, 0.717) is 29.6 Å². The Morgan fingerprint density at radius 1 is 1.16 bits per heavy atom. The van der Waals surface area contributed by atoms with E-state index in [9.17, 15) is 9.59 Å². The molecular formula is C20H25N3O2. The van der Waals surface area contributed by atoms with Gasteiger partial charge in [-0.2, -0.15) is 0 Å². The Morgan fingerprint density at radius 2 is 2.00 bits per heavy atom. The Bertz CT molecular complexity index is 827. The molecular weight excluding hydrogens is 314 g/mol. The number of aromatic amines is 1. The molecule has 2 aromatic rings. The fourth-order valence-electron chi connectivity index (χ4n) is 4.53. The lowest BCUT2D eigenvalue weighted by Gasteiger charge is -2.44. The van der Waals surface area contributed by atoms with E-state index in [0.717, 1.165) is 5.39 Å². The topological polar surface area (TPSA) is 65.2 Å². The highest BCUT2D eigenvalue weighted by atomic mass is 16.2. The maximum Gasteiger partial charge on any atom is 0.252 e. The van der Waals surface area contributed by atoms with Gasteiger partial charge in [0.05, 0.1) is 5.56 Å². The number of rotatable bonds is 3. The largest absolute Gasteiger partial charge is 0.352 e. The molecule has 25 heavy (non-hydrogen) atoms. The number of hydrogen-bond acceptors (Lipinski definition) is 3. The van der Waals surface area contributed by atoms with Crippen LogP contribution in [0, 0.1) is 5.92 Å². The second kappa shape index (κ2) is 7.00. The van der Waals surface area contributed by atoms with Gasteiger partial charge in [-0.25, -0.2) is 0 Å². The van der Waals surface area contributed by atoms with E-state index in [2.05, 4.69) is 15.2 Å². The average molecular weight is 339 g/mol. The first-order valence-electron chi connectivity index (χ1n) is 9.37. The molecule has 132 valence electrons. The first kappa shape index (κ1) is 16.3. The highest BCUT2D eigenvalue weighted by Gasteiger charge is 2.33. The van der Waals surface area contributed by atoms with Crippen LogP contribution in [0.15, 0.2) is 35.1 Å². The Kier molecular flexibility index (Phi) is 4.57. The van der Waals surface area contributed by atoms with Gasteiger partial charge in [0.15, 0.2) is 0 Å². The third-order valence-corrected chi connectivity index (χ3v) is 5.75. The average Bonchev–Trinajstić information content (AvgIpc) is 2.65. The summed E-state index contributed by atoms with van der Waals surface area (Å²) in [6, 6.07) is 9.47. The minimum atomic E-state index is -0.236. The van der Waals surface area contributed by atoms with E-state index in [4.69, 9.17) is 0 Å². The van der Waals surface area contributed by atoms with Gasteiger partial charge in [-0.15, -0.1) is 0 Å². The van der Waals surface area contributed by atoms with Gasteiger partial charge in [0.25, 0.3) is 5.91 Å². The van der Waals surface area contributed by atoms with E-state index in [1.54, 1.807) is 0 Å². The van der Waals surface area contributed by atoms with Crippen LogP contribution in [-0.2, 0) is 0 Å². The summed E-state index contributed by atoms with van der Waals surface area (Å²) in [7, 11) is 0. The highest BCUT2D eigenvalue weighted by molar-refractivity contribution is 6.05. The Labute approximate surface area is 147 Å². The third-order valence-electron chi connectivity index (χ3n) is 5.75. The molecule has 0 aliphatic carbocycles. The van der Waals surface area contributed by atoms with E-state index in [-0.39, 0.29) is 11.5 Å². The molecule has 0 saturated carbocycles. The fourth-order valence-corrected chi connectivity index (χ4v) is 4.53. The molecule has 3 heterocycles. The highest BCUT2D eigenvalue weighted by Crippen LogP contribution is 2.30. The van der Waals surface area contributed by atoms with Gasteiger partial charge in [0.1, 0.15) is 0 Å². The third kappa shape index (κ3) is 3.33. The first-order valence-corrected chi connectivity index (χ1v) is 9.37. The second-order valence-corrected chi connectivity index (χ2v) is 7.30. The van der Waals surface area contributed by atoms with Crippen molar-refractivity contribution in [1.29, 1.82) is 0 Å². The SMILES string of the molecule is O=C(NC[C@H]1CCCN2CCCC[C@H]12)c1cc(=O)[nH]c2ccccc12. The number of aromatic nitrogens is 1. The number of benzene rings is 1. The minimum absolute atomic E-state index is 0.143. The number of nitrogens with one attached hydrogen (secondary N) is 2. The number of piperidine rings is 2. The van der Waals surface area contributed by atoms with Gasteiger partial charge in [0, 0.05) is 29.6 Å².